The number of halogens is 3. The molecule has 0 spiro atoms. The highest BCUT2D eigenvalue weighted by Gasteiger charge is 2.37. The molecule has 1 rings (SSSR count). The van der Waals surface area contributed by atoms with Crippen LogP contribution in [-0.4, -0.2) is 15.9 Å². The second-order valence-corrected chi connectivity index (χ2v) is 2.20. The summed E-state index contributed by atoms with van der Waals surface area (Å²) in [6.07, 6.45) is -2.68. The van der Waals surface area contributed by atoms with E-state index in [1.54, 1.807) is 0 Å². The van der Waals surface area contributed by atoms with Gasteiger partial charge in [0.15, 0.2) is 5.69 Å². The van der Waals surface area contributed by atoms with Crippen molar-refractivity contribution in [3.8, 4) is 0 Å². The Bertz CT molecular complexity index is 362. The van der Waals surface area contributed by atoms with Gasteiger partial charge in [0.2, 0.25) is 6.08 Å². The molecule has 0 saturated carbocycles. The SMILES string of the molecule is Cn1ncc(N=C=O)c1C(F)(F)F. The molecule has 0 unspecified atom stereocenters. The maximum Gasteiger partial charge on any atom is 0.435 e. The lowest BCUT2D eigenvalue weighted by molar-refractivity contribution is -0.143. The van der Waals surface area contributed by atoms with E-state index in [2.05, 4.69) is 10.1 Å². The van der Waals surface area contributed by atoms with Crippen LogP contribution in [0.25, 0.3) is 0 Å². The van der Waals surface area contributed by atoms with E-state index >= 15 is 0 Å². The monoisotopic (exact) mass is 191 g/mol. The highest BCUT2D eigenvalue weighted by molar-refractivity contribution is 5.51. The number of hydrogen-bond donors (Lipinski definition) is 0. The third kappa shape index (κ3) is 1.75. The van der Waals surface area contributed by atoms with Crippen LogP contribution in [0, 0.1) is 0 Å². The summed E-state index contributed by atoms with van der Waals surface area (Å²) < 4.78 is 37.3. The molecule has 0 amide bonds. The van der Waals surface area contributed by atoms with Crippen LogP contribution in [-0.2, 0) is 18.0 Å². The van der Waals surface area contributed by atoms with Gasteiger partial charge in [-0.3, -0.25) is 4.68 Å². The molecule has 0 aliphatic rings. The summed E-state index contributed by atoms with van der Waals surface area (Å²) in [7, 11) is 1.12. The predicted octanol–water partition coefficient (Wildman–Crippen LogP) is 1.41. The van der Waals surface area contributed by atoms with Gasteiger partial charge in [0.05, 0.1) is 6.20 Å². The number of rotatable bonds is 1. The van der Waals surface area contributed by atoms with E-state index in [0.29, 0.717) is 4.68 Å². The molecule has 4 nitrogen and oxygen atoms in total. The van der Waals surface area contributed by atoms with Gasteiger partial charge in [0.1, 0.15) is 5.69 Å². The molecule has 0 atom stereocenters. The van der Waals surface area contributed by atoms with Crippen molar-refractivity contribution >= 4 is 11.8 Å². The van der Waals surface area contributed by atoms with Gasteiger partial charge in [0, 0.05) is 7.05 Å². The van der Waals surface area contributed by atoms with Crippen molar-refractivity contribution in [2.75, 3.05) is 0 Å². The topological polar surface area (TPSA) is 47.2 Å². The Morgan fingerprint density at radius 2 is 2.23 bits per heavy atom. The largest absolute Gasteiger partial charge is 0.435 e. The third-order valence-corrected chi connectivity index (χ3v) is 1.35. The summed E-state index contributed by atoms with van der Waals surface area (Å²) in [5.74, 6) is 0. The number of alkyl halides is 3. The van der Waals surface area contributed by atoms with E-state index in [4.69, 9.17) is 0 Å². The summed E-state index contributed by atoms with van der Waals surface area (Å²) in [5, 5.41) is 3.33. The number of hydrogen-bond acceptors (Lipinski definition) is 3. The summed E-state index contributed by atoms with van der Waals surface area (Å²) in [4.78, 5) is 12.7. The summed E-state index contributed by atoms with van der Waals surface area (Å²) in [6.45, 7) is 0. The number of nitrogens with zero attached hydrogens (tertiary/aromatic N) is 3. The summed E-state index contributed by atoms with van der Waals surface area (Å²) in [5.41, 5.74) is -1.58. The second kappa shape index (κ2) is 3.02. The molecule has 13 heavy (non-hydrogen) atoms. The molecule has 0 radical (unpaired) electrons. The number of isocyanates is 1. The molecule has 0 N–H and O–H groups in total. The molecule has 70 valence electrons. The van der Waals surface area contributed by atoms with Gasteiger partial charge in [-0.1, -0.05) is 0 Å². The first-order valence-corrected chi connectivity index (χ1v) is 3.14. The lowest BCUT2D eigenvalue weighted by Gasteiger charge is -2.06. The standard InChI is InChI=1S/C6H4F3N3O/c1-12-5(6(7,8)9)4(2-11-12)10-3-13/h2H,1H3. The lowest BCUT2D eigenvalue weighted by Crippen LogP contribution is -2.11. The van der Waals surface area contributed by atoms with E-state index in [9.17, 15) is 18.0 Å². The number of aliphatic imine (C=N–C) groups is 1. The minimum absolute atomic E-state index is 0.523. The fraction of sp³-hybridized carbons (Fsp3) is 0.333. The molecule has 0 aliphatic carbocycles. The molecule has 1 aromatic heterocycles. The van der Waals surface area contributed by atoms with Crippen LogP contribution >= 0.6 is 0 Å². The Morgan fingerprint density at radius 1 is 1.62 bits per heavy atom. The van der Waals surface area contributed by atoms with E-state index < -0.39 is 17.6 Å². The lowest BCUT2D eigenvalue weighted by atomic mass is 10.3. The Kier molecular flexibility index (Phi) is 2.20. The van der Waals surface area contributed by atoms with Crippen LogP contribution in [0.5, 0.6) is 0 Å². The van der Waals surface area contributed by atoms with Crippen molar-refractivity contribution in [3.05, 3.63) is 11.9 Å². The Balaban J connectivity index is 3.32. The zero-order valence-electron chi connectivity index (χ0n) is 6.46. The minimum Gasteiger partial charge on any atom is -0.262 e. The first kappa shape index (κ1) is 9.47. The molecule has 7 heteroatoms. The smallest absolute Gasteiger partial charge is 0.262 e. The van der Waals surface area contributed by atoms with Crippen LogP contribution in [0.3, 0.4) is 0 Å². The van der Waals surface area contributed by atoms with E-state index in [1.807, 2.05) is 0 Å². The van der Waals surface area contributed by atoms with E-state index in [0.717, 1.165) is 19.3 Å². The molecule has 0 aliphatic heterocycles. The zero-order valence-corrected chi connectivity index (χ0v) is 6.46. The quantitative estimate of drug-likeness (QED) is 0.497. The molecular weight excluding hydrogens is 187 g/mol. The normalized spacial score (nSPS) is 11.1. The first-order chi connectivity index (χ1) is 5.96. The average Bonchev–Trinajstić information content (AvgIpc) is 2.31. The van der Waals surface area contributed by atoms with Crippen LogP contribution in [0.15, 0.2) is 11.2 Å². The number of aromatic nitrogens is 2. The molecule has 0 fully saturated rings. The summed E-state index contributed by atoms with van der Waals surface area (Å²) >= 11 is 0. The van der Waals surface area contributed by atoms with Crippen LogP contribution in [0.4, 0.5) is 18.9 Å². The highest BCUT2D eigenvalue weighted by atomic mass is 19.4. The predicted molar refractivity (Wildman–Crippen MR) is 36.0 cm³/mol. The summed E-state index contributed by atoms with van der Waals surface area (Å²) in [6, 6.07) is 0. The van der Waals surface area contributed by atoms with E-state index in [1.165, 1.54) is 0 Å². The Labute approximate surface area is 70.7 Å². The first-order valence-electron chi connectivity index (χ1n) is 3.14. The molecule has 0 bridgehead atoms. The van der Waals surface area contributed by atoms with Gasteiger partial charge < -0.3 is 0 Å². The fourth-order valence-corrected chi connectivity index (χ4v) is 0.886. The van der Waals surface area contributed by atoms with Gasteiger partial charge in [-0.15, -0.1) is 0 Å². The van der Waals surface area contributed by atoms with Gasteiger partial charge >= 0.3 is 6.18 Å². The van der Waals surface area contributed by atoms with Gasteiger partial charge in [-0.05, 0) is 0 Å². The van der Waals surface area contributed by atoms with Gasteiger partial charge in [0.25, 0.3) is 0 Å². The Morgan fingerprint density at radius 3 is 2.69 bits per heavy atom. The van der Waals surface area contributed by atoms with Crippen molar-refractivity contribution in [2.45, 2.75) is 6.18 Å². The number of aryl methyl sites for hydroxylation is 1. The van der Waals surface area contributed by atoms with Gasteiger partial charge in [-0.2, -0.15) is 23.3 Å². The third-order valence-electron chi connectivity index (χ3n) is 1.35. The van der Waals surface area contributed by atoms with Crippen molar-refractivity contribution < 1.29 is 18.0 Å². The van der Waals surface area contributed by atoms with Crippen molar-refractivity contribution in [1.29, 1.82) is 0 Å². The van der Waals surface area contributed by atoms with Crippen LogP contribution < -0.4 is 0 Å². The highest BCUT2D eigenvalue weighted by Crippen LogP contribution is 2.35. The zero-order chi connectivity index (χ0) is 10.1. The maximum absolute atomic E-state index is 12.2. The van der Waals surface area contributed by atoms with Crippen molar-refractivity contribution in [1.82, 2.24) is 9.78 Å². The minimum atomic E-state index is -4.57. The Hall–Kier alpha value is -1.62. The molecule has 0 saturated heterocycles. The number of carbonyl (C=O) groups excluding carboxylic acids is 1. The van der Waals surface area contributed by atoms with Crippen LogP contribution in [0.2, 0.25) is 0 Å². The van der Waals surface area contributed by atoms with Crippen molar-refractivity contribution in [2.24, 2.45) is 12.0 Å². The van der Waals surface area contributed by atoms with Gasteiger partial charge in [-0.25, -0.2) is 4.79 Å². The van der Waals surface area contributed by atoms with E-state index in [-0.39, 0.29) is 0 Å². The molecule has 1 heterocycles. The average molecular weight is 191 g/mol. The fourth-order valence-electron chi connectivity index (χ4n) is 0.886. The second-order valence-electron chi connectivity index (χ2n) is 2.20. The molecular formula is C6H4F3N3O. The maximum atomic E-state index is 12.2. The van der Waals surface area contributed by atoms with Crippen molar-refractivity contribution in [3.63, 3.8) is 0 Å². The van der Waals surface area contributed by atoms with Crippen LogP contribution in [0.1, 0.15) is 5.69 Å². The molecule has 1 aromatic rings. The molecule has 0 aromatic carbocycles.